The number of para-hydroxylation sites is 2. The summed E-state index contributed by atoms with van der Waals surface area (Å²) in [6.45, 7) is 0.393. The van der Waals surface area contributed by atoms with E-state index in [0.717, 1.165) is 23.4 Å². The number of aryl methyl sites for hydroxylation is 2. The molecule has 0 saturated carbocycles. The number of rotatable bonds is 5. The van der Waals surface area contributed by atoms with E-state index < -0.39 is 0 Å². The fraction of sp³-hybridized carbons (Fsp3) is 0.300. The van der Waals surface area contributed by atoms with Crippen LogP contribution >= 0.6 is 22.7 Å². The molecule has 1 aromatic carbocycles. The van der Waals surface area contributed by atoms with Gasteiger partial charge in [-0.3, -0.25) is 4.79 Å². The number of hydrogen-bond donors (Lipinski definition) is 1. The number of carbonyl (C=O) groups excluding carboxylic acids is 1. The van der Waals surface area contributed by atoms with Crippen LogP contribution in [0.5, 0.6) is 5.75 Å². The molecule has 4 nitrogen and oxygen atoms in total. The van der Waals surface area contributed by atoms with E-state index in [-0.39, 0.29) is 5.91 Å². The van der Waals surface area contributed by atoms with Gasteiger partial charge in [0.25, 0.3) is 5.91 Å². The Morgan fingerprint density at radius 2 is 2.08 bits per heavy atom. The molecule has 1 aliphatic carbocycles. The summed E-state index contributed by atoms with van der Waals surface area (Å²) in [4.78, 5) is 19.1. The van der Waals surface area contributed by atoms with Crippen LogP contribution in [0.4, 0.5) is 5.69 Å². The number of hydrogen-bond acceptors (Lipinski definition) is 5. The van der Waals surface area contributed by atoms with Crippen LogP contribution in [0.2, 0.25) is 0 Å². The Hall–Kier alpha value is -2.18. The standard InChI is InChI=1S/C20H20N2O2S2/c23-20(19-10-14-6-2-1-3-9-18(14)26-19)22-16-7-4-5-8-17(16)24-11-15-12-25-13-21-15/h4-5,7-8,10,12-13H,1-3,6,9,11H2,(H,22,23). The van der Waals surface area contributed by atoms with Gasteiger partial charge in [-0.1, -0.05) is 18.6 Å². The Kier molecular flexibility index (Phi) is 5.32. The summed E-state index contributed by atoms with van der Waals surface area (Å²) >= 11 is 3.17. The predicted molar refractivity (Wildman–Crippen MR) is 106 cm³/mol. The minimum Gasteiger partial charge on any atom is -0.485 e. The number of carbonyl (C=O) groups is 1. The summed E-state index contributed by atoms with van der Waals surface area (Å²) in [5, 5.41) is 4.97. The maximum Gasteiger partial charge on any atom is 0.265 e. The number of amides is 1. The molecule has 0 aliphatic heterocycles. The number of anilines is 1. The van der Waals surface area contributed by atoms with Crippen LogP contribution < -0.4 is 10.1 Å². The summed E-state index contributed by atoms with van der Waals surface area (Å²) < 4.78 is 5.85. The number of aromatic nitrogens is 1. The lowest BCUT2D eigenvalue weighted by Crippen LogP contribution is -2.11. The Morgan fingerprint density at radius 1 is 1.19 bits per heavy atom. The number of thiophene rings is 1. The molecule has 26 heavy (non-hydrogen) atoms. The molecule has 0 unspecified atom stereocenters. The maximum absolute atomic E-state index is 12.7. The molecule has 0 bridgehead atoms. The summed E-state index contributed by atoms with van der Waals surface area (Å²) in [5.74, 6) is 0.597. The molecule has 0 atom stereocenters. The van der Waals surface area contributed by atoms with Crippen LogP contribution in [0.25, 0.3) is 0 Å². The number of benzene rings is 1. The highest BCUT2D eigenvalue weighted by molar-refractivity contribution is 7.14. The van der Waals surface area contributed by atoms with Gasteiger partial charge in [0, 0.05) is 10.3 Å². The minimum atomic E-state index is -0.0622. The highest BCUT2D eigenvalue weighted by Gasteiger charge is 2.17. The third kappa shape index (κ3) is 3.97. The monoisotopic (exact) mass is 384 g/mol. The van der Waals surface area contributed by atoms with E-state index in [1.54, 1.807) is 28.2 Å². The fourth-order valence-electron chi connectivity index (χ4n) is 3.12. The Labute approximate surface area is 160 Å². The molecule has 0 spiro atoms. The lowest BCUT2D eigenvalue weighted by molar-refractivity contribution is 0.103. The van der Waals surface area contributed by atoms with Gasteiger partial charge in [0.05, 0.1) is 21.8 Å². The first-order chi connectivity index (χ1) is 12.8. The summed E-state index contributed by atoms with van der Waals surface area (Å²) in [7, 11) is 0. The first-order valence-corrected chi connectivity index (χ1v) is 10.6. The average molecular weight is 385 g/mol. The summed E-state index contributed by atoms with van der Waals surface area (Å²) in [5.41, 5.74) is 4.72. The van der Waals surface area contributed by atoms with Crippen molar-refractivity contribution in [2.75, 3.05) is 5.32 Å². The zero-order chi connectivity index (χ0) is 17.8. The lowest BCUT2D eigenvalue weighted by Gasteiger charge is -2.11. The molecule has 2 aromatic heterocycles. The van der Waals surface area contributed by atoms with Gasteiger partial charge >= 0.3 is 0 Å². The highest BCUT2D eigenvalue weighted by atomic mass is 32.1. The lowest BCUT2D eigenvalue weighted by atomic mass is 10.1. The number of ether oxygens (including phenoxy) is 1. The Balaban J connectivity index is 1.47. The summed E-state index contributed by atoms with van der Waals surface area (Å²) in [6, 6.07) is 9.60. The van der Waals surface area contributed by atoms with Crippen molar-refractivity contribution in [3.05, 3.63) is 62.2 Å². The number of fused-ring (bicyclic) bond motifs is 1. The molecule has 0 radical (unpaired) electrons. The van der Waals surface area contributed by atoms with Crippen molar-refractivity contribution in [3.63, 3.8) is 0 Å². The molecule has 1 N–H and O–H groups in total. The van der Waals surface area contributed by atoms with E-state index in [2.05, 4.69) is 16.4 Å². The van der Waals surface area contributed by atoms with E-state index in [1.165, 1.54) is 29.7 Å². The number of thiazole rings is 1. The van der Waals surface area contributed by atoms with E-state index in [0.29, 0.717) is 18.0 Å². The van der Waals surface area contributed by atoms with Gasteiger partial charge in [0.2, 0.25) is 0 Å². The summed E-state index contributed by atoms with van der Waals surface area (Å²) in [6.07, 6.45) is 5.92. The molecule has 3 aromatic rings. The molecule has 134 valence electrons. The molecular weight excluding hydrogens is 364 g/mol. The van der Waals surface area contributed by atoms with Crippen LogP contribution in [0.1, 0.15) is 45.1 Å². The number of nitrogens with zero attached hydrogens (tertiary/aromatic N) is 1. The van der Waals surface area contributed by atoms with Gasteiger partial charge in [0.1, 0.15) is 12.4 Å². The molecule has 0 saturated heterocycles. The first-order valence-electron chi connectivity index (χ1n) is 8.81. The van der Waals surface area contributed by atoms with Crippen LogP contribution in [0.3, 0.4) is 0 Å². The van der Waals surface area contributed by atoms with E-state index in [9.17, 15) is 4.79 Å². The molecule has 0 fully saturated rings. The van der Waals surface area contributed by atoms with Gasteiger partial charge in [0.15, 0.2) is 0 Å². The molecule has 6 heteroatoms. The Bertz CT molecular complexity index is 864. The quantitative estimate of drug-likeness (QED) is 0.607. The average Bonchev–Trinajstić information content (AvgIpc) is 3.27. The molecule has 2 heterocycles. The molecule has 4 rings (SSSR count). The third-order valence-corrected chi connectivity index (χ3v) is 6.34. The van der Waals surface area contributed by atoms with Gasteiger partial charge < -0.3 is 10.1 Å². The van der Waals surface area contributed by atoms with Gasteiger partial charge in [-0.25, -0.2) is 4.98 Å². The fourth-order valence-corrected chi connectivity index (χ4v) is 4.81. The van der Waals surface area contributed by atoms with Crippen molar-refractivity contribution in [3.8, 4) is 5.75 Å². The van der Waals surface area contributed by atoms with Crippen molar-refractivity contribution in [2.45, 2.75) is 38.7 Å². The van der Waals surface area contributed by atoms with Gasteiger partial charge in [-0.15, -0.1) is 22.7 Å². The van der Waals surface area contributed by atoms with E-state index in [4.69, 9.17) is 4.74 Å². The van der Waals surface area contributed by atoms with E-state index >= 15 is 0 Å². The third-order valence-electron chi connectivity index (χ3n) is 4.46. The van der Waals surface area contributed by atoms with Crippen molar-refractivity contribution in [1.82, 2.24) is 4.98 Å². The normalized spacial score (nSPS) is 13.7. The number of nitrogens with one attached hydrogen (secondary N) is 1. The second kappa shape index (κ2) is 8.01. The highest BCUT2D eigenvalue weighted by Crippen LogP contribution is 2.31. The van der Waals surface area contributed by atoms with Crippen LogP contribution in [-0.4, -0.2) is 10.9 Å². The first kappa shape index (κ1) is 17.2. The van der Waals surface area contributed by atoms with Crippen LogP contribution in [0, 0.1) is 0 Å². The largest absolute Gasteiger partial charge is 0.485 e. The van der Waals surface area contributed by atoms with Gasteiger partial charge in [-0.05, 0) is 49.4 Å². The smallest absolute Gasteiger partial charge is 0.265 e. The van der Waals surface area contributed by atoms with Crippen molar-refractivity contribution in [1.29, 1.82) is 0 Å². The topological polar surface area (TPSA) is 51.2 Å². The zero-order valence-corrected chi connectivity index (χ0v) is 16.0. The SMILES string of the molecule is O=C(Nc1ccccc1OCc1cscn1)c1cc2c(s1)CCCCC2. The molecule has 1 aliphatic rings. The van der Waals surface area contributed by atoms with Crippen LogP contribution in [0.15, 0.2) is 41.2 Å². The van der Waals surface area contributed by atoms with Crippen molar-refractivity contribution >= 4 is 34.3 Å². The zero-order valence-electron chi connectivity index (χ0n) is 14.4. The van der Waals surface area contributed by atoms with Crippen molar-refractivity contribution < 1.29 is 9.53 Å². The van der Waals surface area contributed by atoms with Crippen LogP contribution in [-0.2, 0) is 19.4 Å². The van der Waals surface area contributed by atoms with Gasteiger partial charge in [-0.2, -0.15) is 0 Å². The molecule has 1 amide bonds. The second-order valence-corrected chi connectivity index (χ2v) is 8.19. The molecular formula is C20H20N2O2S2. The minimum absolute atomic E-state index is 0.0622. The predicted octanol–water partition coefficient (Wildman–Crippen LogP) is 5.30. The Morgan fingerprint density at radius 3 is 2.96 bits per heavy atom. The van der Waals surface area contributed by atoms with Crippen molar-refractivity contribution in [2.24, 2.45) is 0 Å². The second-order valence-electron chi connectivity index (χ2n) is 6.34. The van der Waals surface area contributed by atoms with E-state index in [1.807, 2.05) is 29.6 Å². The maximum atomic E-state index is 12.7.